The van der Waals surface area contributed by atoms with Gasteiger partial charge in [-0.3, -0.25) is 4.79 Å². The highest BCUT2D eigenvalue weighted by Crippen LogP contribution is 2.29. The van der Waals surface area contributed by atoms with Gasteiger partial charge >= 0.3 is 0 Å². The number of hydrogen-bond acceptors (Lipinski definition) is 3. The van der Waals surface area contributed by atoms with Gasteiger partial charge in [0.2, 0.25) is 15.9 Å². The van der Waals surface area contributed by atoms with Crippen molar-refractivity contribution in [3.05, 3.63) is 69.2 Å². The molecule has 1 atom stereocenters. The lowest BCUT2D eigenvalue weighted by Crippen LogP contribution is -2.45. The molecule has 1 heterocycles. The SMILES string of the molecule is Cc1cccc(CNC(=O)C2CCCN(S(=O)(=O)Cc3c(Cl)cccc3Cl)C2)c1. The monoisotopic (exact) mass is 454 g/mol. The van der Waals surface area contributed by atoms with Crippen molar-refractivity contribution < 1.29 is 13.2 Å². The van der Waals surface area contributed by atoms with Crippen molar-refractivity contribution in [2.24, 2.45) is 5.92 Å². The molecule has 0 radical (unpaired) electrons. The van der Waals surface area contributed by atoms with Gasteiger partial charge in [-0.1, -0.05) is 59.1 Å². The summed E-state index contributed by atoms with van der Waals surface area (Å²) in [5, 5.41) is 3.58. The zero-order chi connectivity index (χ0) is 21.0. The van der Waals surface area contributed by atoms with Crippen LogP contribution in [0.15, 0.2) is 42.5 Å². The van der Waals surface area contributed by atoms with Crippen molar-refractivity contribution in [1.29, 1.82) is 0 Å². The van der Waals surface area contributed by atoms with E-state index in [1.165, 1.54) is 4.31 Å². The number of aryl methyl sites for hydroxylation is 1. The summed E-state index contributed by atoms with van der Waals surface area (Å²) in [5.74, 6) is -0.768. The molecule has 1 N–H and O–H groups in total. The third kappa shape index (κ3) is 5.72. The molecule has 0 aromatic heterocycles. The Balaban J connectivity index is 1.64. The molecule has 2 aromatic rings. The molecule has 0 bridgehead atoms. The molecule has 1 unspecified atom stereocenters. The highest BCUT2D eigenvalue weighted by Gasteiger charge is 2.33. The summed E-state index contributed by atoms with van der Waals surface area (Å²) < 4.78 is 27.2. The van der Waals surface area contributed by atoms with Crippen molar-refractivity contribution in [1.82, 2.24) is 9.62 Å². The van der Waals surface area contributed by atoms with E-state index >= 15 is 0 Å². The molecule has 1 saturated heterocycles. The second kappa shape index (κ2) is 9.47. The molecule has 3 rings (SSSR count). The summed E-state index contributed by atoms with van der Waals surface area (Å²) >= 11 is 12.3. The van der Waals surface area contributed by atoms with Gasteiger partial charge in [0.1, 0.15) is 0 Å². The summed E-state index contributed by atoms with van der Waals surface area (Å²) in [6.45, 7) is 3.00. The molecular formula is C21H24Cl2N2O3S. The number of benzene rings is 2. The number of carbonyl (C=O) groups excluding carboxylic acids is 1. The predicted molar refractivity (Wildman–Crippen MR) is 116 cm³/mol. The summed E-state index contributed by atoms with van der Waals surface area (Å²) in [6, 6.07) is 12.8. The second-order valence-corrected chi connectivity index (χ2v) is 10.1. The topological polar surface area (TPSA) is 66.5 Å². The van der Waals surface area contributed by atoms with Crippen LogP contribution in [-0.4, -0.2) is 31.7 Å². The van der Waals surface area contributed by atoms with Crippen molar-refractivity contribution in [3.63, 3.8) is 0 Å². The third-order valence-corrected chi connectivity index (χ3v) is 7.57. The lowest BCUT2D eigenvalue weighted by atomic mass is 9.98. The van der Waals surface area contributed by atoms with E-state index in [0.717, 1.165) is 11.1 Å². The largest absolute Gasteiger partial charge is 0.352 e. The highest BCUT2D eigenvalue weighted by molar-refractivity contribution is 7.88. The molecule has 156 valence electrons. The van der Waals surface area contributed by atoms with Gasteiger partial charge in [-0.05, 0) is 37.5 Å². The maximum absolute atomic E-state index is 12.9. The number of halogens is 2. The van der Waals surface area contributed by atoms with E-state index in [1.54, 1.807) is 18.2 Å². The van der Waals surface area contributed by atoms with Crippen LogP contribution in [0.4, 0.5) is 0 Å². The number of amides is 1. The minimum Gasteiger partial charge on any atom is -0.352 e. The van der Waals surface area contributed by atoms with Gasteiger partial charge < -0.3 is 5.32 Å². The molecule has 1 aliphatic heterocycles. The second-order valence-electron chi connectivity index (χ2n) is 7.36. The first-order valence-corrected chi connectivity index (χ1v) is 11.9. The van der Waals surface area contributed by atoms with Gasteiger partial charge in [-0.2, -0.15) is 0 Å². The zero-order valence-corrected chi connectivity index (χ0v) is 18.5. The van der Waals surface area contributed by atoms with E-state index in [0.29, 0.717) is 41.5 Å². The molecule has 1 fully saturated rings. The Morgan fingerprint density at radius 2 is 1.86 bits per heavy atom. The summed E-state index contributed by atoms with van der Waals surface area (Å²) in [4.78, 5) is 12.6. The van der Waals surface area contributed by atoms with E-state index in [4.69, 9.17) is 23.2 Å². The normalized spacial score (nSPS) is 17.8. The Labute approximate surface area is 182 Å². The number of nitrogens with zero attached hydrogens (tertiary/aromatic N) is 1. The van der Waals surface area contributed by atoms with E-state index < -0.39 is 10.0 Å². The third-order valence-electron chi connectivity index (χ3n) is 5.09. The smallest absolute Gasteiger partial charge is 0.224 e. The van der Waals surface area contributed by atoms with Crippen LogP contribution in [0.2, 0.25) is 10.0 Å². The minimum atomic E-state index is -3.64. The Bertz CT molecular complexity index is 975. The summed E-state index contributed by atoms with van der Waals surface area (Å²) in [7, 11) is -3.64. The summed E-state index contributed by atoms with van der Waals surface area (Å²) in [6.07, 6.45) is 1.30. The van der Waals surface area contributed by atoms with Gasteiger partial charge in [0.05, 0.1) is 11.7 Å². The molecule has 0 saturated carbocycles. The fourth-order valence-corrected chi connectivity index (χ4v) is 5.87. The zero-order valence-electron chi connectivity index (χ0n) is 16.2. The van der Waals surface area contributed by atoms with Crippen molar-refractivity contribution in [3.8, 4) is 0 Å². The van der Waals surface area contributed by atoms with Crippen LogP contribution in [-0.2, 0) is 27.1 Å². The van der Waals surface area contributed by atoms with Crippen molar-refractivity contribution in [2.75, 3.05) is 13.1 Å². The number of sulfonamides is 1. The van der Waals surface area contributed by atoms with Gasteiger partial charge in [0.25, 0.3) is 0 Å². The lowest BCUT2D eigenvalue weighted by molar-refractivity contribution is -0.126. The van der Waals surface area contributed by atoms with Crippen LogP contribution < -0.4 is 5.32 Å². The Morgan fingerprint density at radius 3 is 2.55 bits per heavy atom. The van der Waals surface area contributed by atoms with E-state index in [-0.39, 0.29) is 24.1 Å². The van der Waals surface area contributed by atoms with Gasteiger partial charge in [-0.25, -0.2) is 12.7 Å². The molecule has 8 heteroatoms. The van der Waals surface area contributed by atoms with Crippen LogP contribution in [0.1, 0.15) is 29.5 Å². The van der Waals surface area contributed by atoms with E-state index in [2.05, 4.69) is 5.32 Å². The average Bonchev–Trinajstić information content (AvgIpc) is 2.69. The Morgan fingerprint density at radius 1 is 1.17 bits per heavy atom. The lowest BCUT2D eigenvalue weighted by Gasteiger charge is -2.31. The summed E-state index contributed by atoms with van der Waals surface area (Å²) in [5.41, 5.74) is 2.54. The van der Waals surface area contributed by atoms with Crippen LogP contribution >= 0.6 is 23.2 Å². The number of rotatable bonds is 6. The van der Waals surface area contributed by atoms with Gasteiger partial charge in [0.15, 0.2) is 0 Å². The average molecular weight is 455 g/mol. The number of hydrogen-bond donors (Lipinski definition) is 1. The predicted octanol–water partition coefficient (Wildman–Crippen LogP) is 4.16. The van der Waals surface area contributed by atoms with Gasteiger partial charge in [0, 0.05) is 35.2 Å². The molecule has 0 aliphatic carbocycles. The molecule has 1 aliphatic rings. The standard InChI is InChI=1S/C21H24Cl2N2O3S/c1-15-5-2-6-16(11-15)12-24-21(26)17-7-4-10-25(13-17)29(27,28)14-18-19(22)8-3-9-20(18)23/h2-3,5-6,8-9,11,17H,4,7,10,12-14H2,1H3,(H,24,26). The molecule has 29 heavy (non-hydrogen) atoms. The number of nitrogens with one attached hydrogen (secondary N) is 1. The van der Waals surface area contributed by atoms with Crippen molar-refractivity contribution >= 4 is 39.1 Å². The van der Waals surface area contributed by atoms with E-state index in [1.807, 2.05) is 31.2 Å². The van der Waals surface area contributed by atoms with Gasteiger partial charge in [-0.15, -0.1) is 0 Å². The fraction of sp³-hybridized carbons (Fsp3) is 0.381. The van der Waals surface area contributed by atoms with E-state index in [9.17, 15) is 13.2 Å². The number of piperidine rings is 1. The van der Waals surface area contributed by atoms with Crippen molar-refractivity contribution in [2.45, 2.75) is 32.1 Å². The number of carbonyl (C=O) groups is 1. The molecule has 0 spiro atoms. The van der Waals surface area contributed by atoms with Crippen LogP contribution in [0, 0.1) is 12.8 Å². The Hall–Kier alpha value is -1.60. The maximum atomic E-state index is 12.9. The maximum Gasteiger partial charge on any atom is 0.224 e. The molecule has 2 aromatic carbocycles. The Kier molecular flexibility index (Phi) is 7.22. The first-order valence-electron chi connectivity index (χ1n) is 9.50. The quantitative estimate of drug-likeness (QED) is 0.712. The highest BCUT2D eigenvalue weighted by atomic mass is 35.5. The van der Waals surface area contributed by atoms with Crippen LogP contribution in [0.25, 0.3) is 0 Å². The van der Waals surface area contributed by atoms with Crippen LogP contribution in [0.5, 0.6) is 0 Å². The molecular weight excluding hydrogens is 431 g/mol. The first-order chi connectivity index (χ1) is 13.8. The fourth-order valence-electron chi connectivity index (χ4n) is 3.51. The minimum absolute atomic E-state index is 0.123. The first kappa shape index (κ1) is 22.1. The van der Waals surface area contributed by atoms with Crippen LogP contribution in [0.3, 0.4) is 0 Å². The molecule has 5 nitrogen and oxygen atoms in total. The molecule has 1 amide bonds.